The van der Waals surface area contributed by atoms with Crippen molar-refractivity contribution >= 4 is 94.3 Å². The van der Waals surface area contributed by atoms with E-state index in [1.54, 1.807) is 0 Å². The number of anilines is 3. The number of para-hydroxylation sites is 3. The number of benzene rings is 10. The fourth-order valence-corrected chi connectivity index (χ4v) is 15.3. The second-order valence-electron chi connectivity index (χ2n) is 19.6. The highest BCUT2D eigenvalue weighted by atomic mass is 32.2. The molecular weight excluding hydrogens is 885 g/mol. The molecule has 0 bridgehead atoms. The van der Waals surface area contributed by atoms with Crippen LogP contribution >= 0.6 is 23.1 Å². The van der Waals surface area contributed by atoms with Crippen LogP contribution in [0.4, 0.5) is 17.1 Å². The first-order valence-corrected chi connectivity index (χ1v) is 25.9. The standard InChI is InChI=1S/C66H44N2S2/c1-65(2)53-29-15-18-32-61(53)69-62-40-54-41(37-56(62)65)33-35-48-55(66(54)51-27-13-9-23-45(51)46-24-10-14-28-52(46)66)39-59(63-49-26-12-17-31-60(49)70-64(48)63)68-57-30-16-11-25-47(57)50-38-44(34-36-58(50)68)67(42-19-5-3-6-20-42)43-21-7-4-8-22-43/h3-40H,1-2H3. The van der Waals surface area contributed by atoms with Crippen LogP contribution in [0.15, 0.2) is 228 Å². The summed E-state index contributed by atoms with van der Waals surface area (Å²) in [5.74, 6) is 0. The van der Waals surface area contributed by atoms with E-state index in [9.17, 15) is 0 Å². The van der Waals surface area contributed by atoms with E-state index < -0.39 is 5.41 Å². The van der Waals surface area contributed by atoms with Gasteiger partial charge in [0.15, 0.2) is 0 Å². The summed E-state index contributed by atoms with van der Waals surface area (Å²) >= 11 is 3.86. The van der Waals surface area contributed by atoms with Gasteiger partial charge in [-0.3, -0.25) is 0 Å². The molecule has 2 nitrogen and oxygen atoms in total. The van der Waals surface area contributed by atoms with Gasteiger partial charge in [0.1, 0.15) is 0 Å². The maximum Gasteiger partial charge on any atom is 0.0726 e. The van der Waals surface area contributed by atoms with Gasteiger partial charge in [-0.05, 0) is 134 Å². The minimum atomic E-state index is -0.630. The minimum absolute atomic E-state index is 0.167. The molecule has 10 aromatic carbocycles. The number of thiophene rings is 1. The Morgan fingerprint density at radius 3 is 1.79 bits per heavy atom. The van der Waals surface area contributed by atoms with E-state index in [1.165, 1.54) is 113 Å². The van der Waals surface area contributed by atoms with Gasteiger partial charge in [-0.15, -0.1) is 11.3 Å². The van der Waals surface area contributed by atoms with E-state index in [0.717, 1.165) is 17.1 Å². The highest BCUT2D eigenvalue weighted by Gasteiger charge is 2.50. The van der Waals surface area contributed by atoms with Crippen molar-refractivity contribution in [1.29, 1.82) is 0 Å². The first kappa shape index (κ1) is 40.0. The number of hydrogen-bond donors (Lipinski definition) is 0. The molecule has 0 saturated heterocycles. The zero-order valence-electron chi connectivity index (χ0n) is 38.7. The molecule has 1 aliphatic heterocycles. The molecule has 2 aliphatic carbocycles. The van der Waals surface area contributed by atoms with E-state index in [0.29, 0.717) is 0 Å². The second-order valence-corrected chi connectivity index (χ2v) is 21.7. The lowest BCUT2D eigenvalue weighted by molar-refractivity contribution is 0.605. The van der Waals surface area contributed by atoms with Crippen molar-refractivity contribution in [2.75, 3.05) is 4.90 Å². The summed E-state index contributed by atoms with van der Waals surface area (Å²) in [7, 11) is 0. The molecule has 2 aromatic heterocycles. The Balaban J connectivity index is 1.07. The third kappa shape index (κ3) is 5.41. The Bertz CT molecular complexity index is 4110. The zero-order chi connectivity index (χ0) is 46.3. The van der Waals surface area contributed by atoms with Gasteiger partial charge in [0.2, 0.25) is 0 Å². The molecule has 12 aromatic rings. The second kappa shape index (κ2) is 14.8. The van der Waals surface area contributed by atoms with Gasteiger partial charge in [0, 0.05) is 63.2 Å². The number of hydrogen-bond acceptors (Lipinski definition) is 3. The van der Waals surface area contributed by atoms with Crippen molar-refractivity contribution in [2.45, 2.75) is 34.5 Å². The van der Waals surface area contributed by atoms with Crippen molar-refractivity contribution in [2.24, 2.45) is 0 Å². The average molecular weight is 929 g/mol. The molecule has 0 unspecified atom stereocenters. The molecule has 0 N–H and O–H groups in total. The van der Waals surface area contributed by atoms with Gasteiger partial charge < -0.3 is 9.47 Å². The van der Waals surface area contributed by atoms with Gasteiger partial charge in [-0.25, -0.2) is 0 Å². The summed E-state index contributed by atoms with van der Waals surface area (Å²) in [5, 5.41) is 5.02. The van der Waals surface area contributed by atoms with Gasteiger partial charge in [-0.2, -0.15) is 0 Å². The van der Waals surface area contributed by atoms with Crippen LogP contribution in [0.5, 0.6) is 0 Å². The third-order valence-corrected chi connectivity index (χ3v) is 18.0. The Kier molecular flexibility index (Phi) is 8.47. The van der Waals surface area contributed by atoms with Gasteiger partial charge in [0.25, 0.3) is 0 Å². The Hall–Kier alpha value is -7.89. The predicted molar refractivity (Wildman–Crippen MR) is 297 cm³/mol. The van der Waals surface area contributed by atoms with E-state index in [-0.39, 0.29) is 5.41 Å². The van der Waals surface area contributed by atoms with Crippen molar-refractivity contribution in [3.05, 3.63) is 263 Å². The largest absolute Gasteiger partial charge is 0.310 e. The molecule has 0 fully saturated rings. The molecule has 0 radical (unpaired) electrons. The summed E-state index contributed by atoms with van der Waals surface area (Å²) in [4.78, 5) is 5.05. The van der Waals surface area contributed by atoms with Gasteiger partial charge in [-0.1, -0.05) is 177 Å². The van der Waals surface area contributed by atoms with Crippen LogP contribution in [0.3, 0.4) is 0 Å². The summed E-state index contributed by atoms with van der Waals surface area (Å²) in [6.45, 7) is 4.81. The maximum atomic E-state index is 2.61. The monoisotopic (exact) mass is 928 g/mol. The lowest BCUT2D eigenvalue weighted by Crippen LogP contribution is -2.31. The van der Waals surface area contributed by atoms with Gasteiger partial charge in [0.05, 0.1) is 22.1 Å². The molecule has 3 heterocycles. The number of aromatic nitrogens is 1. The molecule has 1 spiro atoms. The molecule has 330 valence electrons. The Morgan fingerprint density at radius 1 is 0.429 bits per heavy atom. The summed E-state index contributed by atoms with van der Waals surface area (Å²) in [5.41, 5.74) is 19.4. The van der Waals surface area contributed by atoms with E-state index in [4.69, 9.17) is 0 Å². The van der Waals surface area contributed by atoms with Crippen LogP contribution in [0, 0.1) is 0 Å². The maximum absolute atomic E-state index is 2.61. The number of nitrogens with zero attached hydrogens (tertiary/aromatic N) is 2. The fourth-order valence-electron chi connectivity index (χ4n) is 12.6. The normalized spacial score (nSPS) is 14.5. The molecule has 0 saturated carbocycles. The van der Waals surface area contributed by atoms with E-state index in [2.05, 4.69) is 254 Å². The minimum Gasteiger partial charge on any atom is -0.310 e. The predicted octanol–water partition coefficient (Wildman–Crippen LogP) is 18.3. The van der Waals surface area contributed by atoms with Crippen molar-refractivity contribution in [3.8, 4) is 16.8 Å². The third-order valence-electron chi connectivity index (χ3n) is 15.6. The first-order valence-electron chi connectivity index (χ1n) is 24.2. The van der Waals surface area contributed by atoms with Crippen LogP contribution in [0.25, 0.3) is 70.9 Å². The van der Waals surface area contributed by atoms with Crippen molar-refractivity contribution < 1.29 is 0 Å². The summed E-state index contributed by atoms with van der Waals surface area (Å²) in [6.07, 6.45) is 4.92. The van der Waals surface area contributed by atoms with Crippen molar-refractivity contribution in [3.63, 3.8) is 0 Å². The molecule has 0 atom stereocenters. The Morgan fingerprint density at radius 2 is 1.04 bits per heavy atom. The molecule has 0 amide bonds. The highest BCUT2D eigenvalue weighted by Crippen LogP contribution is 2.62. The summed E-state index contributed by atoms with van der Waals surface area (Å²) < 4.78 is 5.19. The topological polar surface area (TPSA) is 8.17 Å². The van der Waals surface area contributed by atoms with Crippen LogP contribution in [0.2, 0.25) is 0 Å². The Labute approximate surface area is 415 Å². The number of rotatable bonds is 4. The first-order chi connectivity index (χ1) is 34.5. The molecular formula is C66H44N2S2. The molecule has 3 aliphatic rings. The molecule has 15 rings (SSSR count). The van der Waals surface area contributed by atoms with E-state index >= 15 is 0 Å². The smallest absolute Gasteiger partial charge is 0.0726 e. The van der Waals surface area contributed by atoms with Crippen LogP contribution in [-0.2, 0) is 10.8 Å². The van der Waals surface area contributed by atoms with Crippen LogP contribution < -0.4 is 4.90 Å². The van der Waals surface area contributed by atoms with Gasteiger partial charge >= 0.3 is 0 Å². The van der Waals surface area contributed by atoms with Crippen LogP contribution in [-0.4, -0.2) is 4.57 Å². The lowest BCUT2D eigenvalue weighted by Gasteiger charge is -2.39. The molecule has 70 heavy (non-hydrogen) atoms. The van der Waals surface area contributed by atoms with E-state index in [1.807, 2.05) is 23.1 Å². The average Bonchev–Trinajstić information content (AvgIpc) is 4.02. The quantitative estimate of drug-likeness (QED) is 0.174. The lowest BCUT2D eigenvalue weighted by atomic mass is 9.65. The highest BCUT2D eigenvalue weighted by molar-refractivity contribution is 7.99. The summed E-state index contributed by atoms with van der Waals surface area (Å²) in [6, 6.07) is 81.9. The fraction of sp³-hybridized carbons (Fsp3) is 0.0606. The SMILES string of the molecule is CC1(C)c2ccccc2Sc2cc3c(cc21)C=Cc1c(cc(-n2c4ccccc4c4cc(N(c5ccccc5)c5ccccc5)ccc42)c2c1sc1ccccc12)C31c2ccccc2-c2ccccc21. The van der Waals surface area contributed by atoms with Crippen molar-refractivity contribution in [1.82, 2.24) is 4.57 Å². The van der Waals surface area contributed by atoms with Crippen LogP contribution in [0.1, 0.15) is 58.4 Å². The molecule has 4 heteroatoms. The number of fused-ring (bicyclic) bond motifs is 18. The zero-order valence-corrected chi connectivity index (χ0v) is 40.3.